The van der Waals surface area contributed by atoms with Crippen LogP contribution in [0.5, 0.6) is 0 Å². The average Bonchev–Trinajstić information content (AvgIpc) is 3.55. The van der Waals surface area contributed by atoms with E-state index in [2.05, 4.69) is 33.9 Å². The number of carboxylic acid groups (broad SMARTS) is 1. The van der Waals surface area contributed by atoms with Gasteiger partial charge in [-0.2, -0.15) is 18.3 Å². The molecule has 0 atom stereocenters. The van der Waals surface area contributed by atoms with Gasteiger partial charge in [0.25, 0.3) is 0 Å². The molecule has 11 heteroatoms. The van der Waals surface area contributed by atoms with Crippen LogP contribution in [0.3, 0.4) is 0 Å². The first kappa shape index (κ1) is 31.8. The molecule has 7 nitrogen and oxygen atoms in total. The van der Waals surface area contributed by atoms with Crippen LogP contribution in [0.4, 0.5) is 30.4 Å². The minimum absolute atomic E-state index is 0. The fraction of sp³-hybridized carbons (Fsp3) is 0.433. The molecule has 2 aromatic carbocycles. The van der Waals surface area contributed by atoms with Crippen molar-refractivity contribution in [3.63, 3.8) is 0 Å². The zero-order valence-corrected chi connectivity index (χ0v) is 24.1. The third-order valence-corrected chi connectivity index (χ3v) is 7.28. The van der Waals surface area contributed by atoms with Crippen molar-refractivity contribution < 1.29 is 23.1 Å². The lowest BCUT2D eigenvalue weighted by atomic mass is 10.0. The van der Waals surface area contributed by atoms with E-state index in [4.69, 9.17) is 11.7 Å². The average molecular weight is 590 g/mol. The lowest BCUT2D eigenvalue weighted by molar-refractivity contribution is -0.138. The highest BCUT2D eigenvalue weighted by molar-refractivity contribution is 5.85. The summed E-state index contributed by atoms with van der Waals surface area (Å²) in [5.74, 6) is -0.177. The van der Waals surface area contributed by atoms with Crippen molar-refractivity contribution >= 4 is 35.6 Å². The highest BCUT2D eigenvalue weighted by atomic mass is 35.5. The van der Waals surface area contributed by atoms with E-state index in [9.17, 15) is 18.0 Å². The number of carbonyl (C=O) groups is 1. The molecule has 1 heterocycles. The molecule has 0 bridgehead atoms. The molecular formula is C30H35ClF3N5O2. The van der Waals surface area contributed by atoms with Gasteiger partial charge in [0.2, 0.25) is 0 Å². The lowest BCUT2D eigenvalue weighted by Crippen LogP contribution is -2.28. The largest absolute Gasteiger partial charge is 0.481 e. The molecule has 4 rings (SSSR count). The summed E-state index contributed by atoms with van der Waals surface area (Å²) in [5, 5.41) is 13.6. The summed E-state index contributed by atoms with van der Waals surface area (Å²) >= 11 is 0. The predicted molar refractivity (Wildman–Crippen MR) is 156 cm³/mol. The first-order chi connectivity index (χ1) is 19.1. The molecule has 1 aliphatic carbocycles. The molecule has 0 fully saturated rings. The Morgan fingerprint density at radius 3 is 2.44 bits per heavy atom. The molecule has 41 heavy (non-hydrogen) atoms. The summed E-state index contributed by atoms with van der Waals surface area (Å²) in [4.78, 5) is 18.5. The van der Waals surface area contributed by atoms with Crippen LogP contribution in [-0.4, -0.2) is 33.9 Å². The van der Waals surface area contributed by atoms with E-state index in [0.29, 0.717) is 30.9 Å². The van der Waals surface area contributed by atoms with Gasteiger partial charge in [0.1, 0.15) is 0 Å². The number of unbranched alkanes of at least 4 members (excludes halogenated alkanes) is 1. The Bertz CT molecular complexity index is 1400. The molecule has 3 aromatic rings. The Hall–Kier alpha value is -3.71. The third kappa shape index (κ3) is 8.17. The number of fused-ring (bicyclic) bond motifs is 1. The normalized spacial score (nSPS) is 12.4. The summed E-state index contributed by atoms with van der Waals surface area (Å²) in [6, 6.07) is 9.77. The molecule has 0 radical (unpaired) electrons. The van der Waals surface area contributed by atoms with E-state index >= 15 is 0 Å². The van der Waals surface area contributed by atoms with Gasteiger partial charge in [0.15, 0.2) is 11.5 Å². The van der Waals surface area contributed by atoms with Crippen molar-refractivity contribution in [3.8, 4) is 0 Å². The zero-order chi connectivity index (χ0) is 28.9. The van der Waals surface area contributed by atoms with Crippen LogP contribution in [0.1, 0.15) is 60.4 Å². The quantitative estimate of drug-likeness (QED) is 0.179. The number of aromatic nitrogens is 2. The number of benzene rings is 2. The second-order valence-corrected chi connectivity index (χ2v) is 10.2. The monoisotopic (exact) mass is 589 g/mol. The molecule has 1 N–H and O–H groups in total. The molecule has 220 valence electrons. The maximum absolute atomic E-state index is 13.6. The van der Waals surface area contributed by atoms with Crippen molar-refractivity contribution in [2.75, 3.05) is 22.9 Å². The summed E-state index contributed by atoms with van der Waals surface area (Å²) in [5.41, 5.74) is 4.20. The first-order valence-electron chi connectivity index (χ1n) is 13.5. The molecule has 0 aliphatic heterocycles. The summed E-state index contributed by atoms with van der Waals surface area (Å²) < 4.78 is 42.5. The van der Waals surface area contributed by atoms with Gasteiger partial charge in [0.05, 0.1) is 6.57 Å². The zero-order valence-electron chi connectivity index (χ0n) is 23.2. The Morgan fingerprint density at radius 2 is 1.83 bits per heavy atom. The molecule has 0 unspecified atom stereocenters. The van der Waals surface area contributed by atoms with Gasteiger partial charge >= 0.3 is 12.1 Å². The van der Waals surface area contributed by atoms with Crippen LogP contribution in [0.25, 0.3) is 4.85 Å². The van der Waals surface area contributed by atoms with Gasteiger partial charge in [-0.3, -0.25) is 9.48 Å². The third-order valence-electron chi connectivity index (χ3n) is 7.28. The van der Waals surface area contributed by atoms with Crippen LogP contribution in [-0.2, 0) is 43.9 Å². The molecule has 0 saturated carbocycles. The number of anilines is 2. The van der Waals surface area contributed by atoms with E-state index in [0.717, 1.165) is 55.6 Å². The van der Waals surface area contributed by atoms with Crippen molar-refractivity contribution in [1.82, 2.24) is 9.78 Å². The topological polar surface area (TPSA) is 66.0 Å². The number of halogens is 4. The van der Waals surface area contributed by atoms with Gasteiger partial charge in [-0.25, -0.2) is 4.85 Å². The highest BCUT2D eigenvalue weighted by Gasteiger charge is 2.31. The molecule has 1 aliphatic rings. The Kier molecular flexibility index (Phi) is 10.7. The van der Waals surface area contributed by atoms with Gasteiger partial charge in [0, 0.05) is 63.2 Å². The van der Waals surface area contributed by atoms with Crippen molar-refractivity contribution in [1.29, 1.82) is 0 Å². The first-order valence-corrected chi connectivity index (χ1v) is 13.5. The van der Waals surface area contributed by atoms with E-state index in [1.807, 2.05) is 11.0 Å². The smallest absolute Gasteiger partial charge is 0.415 e. The van der Waals surface area contributed by atoms with Crippen molar-refractivity contribution in [2.24, 2.45) is 7.05 Å². The van der Waals surface area contributed by atoms with Gasteiger partial charge in [-0.1, -0.05) is 12.1 Å². The minimum Gasteiger partial charge on any atom is -0.481 e. The fourth-order valence-corrected chi connectivity index (χ4v) is 5.32. The van der Waals surface area contributed by atoms with Gasteiger partial charge < -0.3 is 14.9 Å². The van der Waals surface area contributed by atoms with Crippen molar-refractivity contribution in [2.45, 2.75) is 64.7 Å². The number of aliphatic carboxylic acids is 1. The summed E-state index contributed by atoms with van der Waals surface area (Å²) in [6.07, 6.45) is 1.77. The number of nitrogens with zero attached hydrogens (tertiary/aromatic N) is 5. The number of aryl methyl sites for hydroxylation is 3. The van der Waals surface area contributed by atoms with E-state index in [1.165, 1.54) is 17.2 Å². The van der Waals surface area contributed by atoms with E-state index in [-0.39, 0.29) is 31.1 Å². The molecule has 0 spiro atoms. The van der Waals surface area contributed by atoms with Crippen molar-refractivity contribution in [3.05, 3.63) is 81.8 Å². The molecular weight excluding hydrogens is 555 g/mol. The Labute approximate surface area is 244 Å². The summed E-state index contributed by atoms with van der Waals surface area (Å²) in [7, 11) is 1.79. The van der Waals surface area contributed by atoms with Gasteiger partial charge in [-0.05, 0) is 79.5 Å². The lowest BCUT2D eigenvalue weighted by Gasteiger charge is -2.30. The predicted octanol–water partition coefficient (Wildman–Crippen LogP) is 7.19. The maximum Gasteiger partial charge on any atom is 0.415 e. The molecule has 0 saturated heterocycles. The number of carboxylic acids is 1. The van der Waals surface area contributed by atoms with Crippen LogP contribution >= 0.6 is 12.4 Å². The second-order valence-electron chi connectivity index (χ2n) is 10.2. The van der Waals surface area contributed by atoms with Gasteiger partial charge in [-0.15, -0.1) is 12.4 Å². The number of rotatable bonds is 12. The van der Waals surface area contributed by atoms with Crippen LogP contribution < -0.4 is 9.80 Å². The standard InChI is InChI=1S/C30H34F3N5O2.ClH/c1-4-37(12-6-5-10-29(39)40)27-17-23-9-7-8-22(23)16-24(27)20-38(28-11-13-36(3)35-28)19-21-14-25(30(31,32)33)18-26(15-21)34-2;/h11,13-18H,4-10,12,19-20H2,1,3H3,(H,39,40);1H. The minimum atomic E-state index is -4.55. The van der Waals surface area contributed by atoms with E-state index < -0.39 is 17.7 Å². The fourth-order valence-electron chi connectivity index (χ4n) is 5.32. The maximum atomic E-state index is 13.6. The second kappa shape index (κ2) is 13.8. The van der Waals surface area contributed by atoms with E-state index in [1.54, 1.807) is 17.9 Å². The molecule has 1 aromatic heterocycles. The number of hydrogen-bond acceptors (Lipinski definition) is 4. The Balaban J connectivity index is 0.00000462. The van der Waals surface area contributed by atoms with Crippen LogP contribution in [0.2, 0.25) is 0 Å². The summed E-state index contributed by atoms with van der Waals surface area (Å²) in [6.45, 7) is 11.4. The highest BCUT2D eigenvalue weighted by Crippen LogP contribution is 2.35. The Morgan fingerprint density at radius 1 is 1.10 bits per heavy atom. The number of hydrogen-bond donors (Lipinski definition) is 1. The number of alkyl halides is 3. The van der Waals surface area contributed by atoms with Crippen LogP contribution in [0, 0.1) is 6.57 Å². The molecule has 0 amide bonds. The SMILES string of the molecule is Cl.[C-]#[N+]c1cc(CN(Cc2cc3c(cc2N(CC)CCCCC(=O)O)CCC3)c2ccn(C)n2)cc(C(F)(F)F)c1. The van der Waals surface area contributed by atoms with Crippen LogP contribution in [0.15, 0.2) is 42.6 Å².